The van der Waals surface area contributed by atoms with Crippen LogP contribution in [0.2, 0.25) is 0 Å². The molecule has 0 heterocycles. The fourth-order valence-corrected chi connectivity index (χ4v) is 1.90. The molecule has 1 aromatic rings. The number of rotatable bonds is 6. The summed E-state index contributed by atoms with van der Waals surface area (Å²) in [6, 6.07) is 6.70. The van der Waals surface area contributed by atoms with Crippen LogP contribution in [0.4, 0.5) is 5.69 Å². The molecule has 6 nitrogen and oxygen atoms in total. The molecule has 0 spiro atoms. The van der Waals surface area contributed by atoms with Crippen LogP contribution in [-0.4, -0.2) is 30.8 Å². The van der Waals surface area contributed by atoms with Gasteiger partial charge in [0.25, 0.3) is 5.91 Å². The smallest absolute Gasteiger partial charge is 0.251 e. The molecule has 1 saturated carbocycles. The van der Waals surface area contributed by atoms with Crippen molar-refractivity contribution in [2.45, 2.75) is 19.8 Å². The van der Waals surface area contributed by atoms with Gasteiger partial charge in [-0.2, -0.15) is 0 Å². The molecule has 6 heteroatoms. The number of amides is 3. The molecule has 0 bridgehead atoms. The van der Waals surface area contributed by atoms with E-state index in [2.05, 4.69) is 16.0 Å². The van der Waals surface area contributed by atoms with Crippen LogP contribution in [0.5, 0.6) is 0 Å². The van der Waals surface area contributed by atoms with Gasteiger partial charge < -0.3 is 16.0 Å². The van der Waals surface area contributed by atoms with Crippen molar-refractivity contribution < 1.29 is 14.4 Å². The van der Waals surface area contributed by atoms with Crippen molar-refractivity contribution >= 4 is 23.4 Å². The second kappa shape index (κ2) is 6.88. The van der Waals surface area contributed by atoms with Crippen LogP contribution in [0.3, 0.4) is 0 Å². The fraction of sp³-hybridized carbons (Fsp3) is 0.400. The van der Waals surface area contributed by atoms with Crippen LogP contribution in [0.25, 0.3) is 0 Å². The summed E-state index contributed by atoms with van der Waals surface area (Å²) in [4.78, 5) is 34.3. The van der Waals surface area contributed by atoms with Crippen LogP contribution in [-0.2, 0) is 9.59 Å². The Kier molecular flexibility index (Phi) is 4.92. The van der Waals surface area contributed by atoms with E-state index in [1.165, 1.54) is 6.92 Å². The van der Waals surface area contributed by atoms with E-state index in [9.17, 15) is 14.4 Å². The summed E-state index contributed by atoms with van der Waals surface area (Å²) < 4.78 is 0. The number of anilines is 1. The summed E-state index contributed by atoms with van der Waals surface area (Å²) in [6.45, 7) is 2.21. The van der Waals surface area contributed by atoms with Crippen molar-refractivity contribution in [1.82, 2.24) is 10.6 Å². The van der Waals surface area contributed by atoms with Gasteiger partial charge in [-0.1, -0.05) is 6.07 Å². The standard InChI is InChI=1S/C15H19N3O3/c1-10(19)18-13-4-2-3-12(9-13)15(21)17-8-7-16-14(20)11-5-6-11/h2-4,9,11H,5-8H2,1H3,(H,16,20)(H,17,21)(H,18,19). The molecule has 0 aliphatic heterocycles. The van der Waals surface area contributed by atoms with E-state index in [4.69, 9.17) is 0 Å². The first-order valence-electron chi connectivity index (χ1n) is 7.00. The number of carbonyl (C=O) groups excluding carboxylic acids is 3. The van der Waals surface area contributed by atoms with Crippen LogP contribution < -0.4 is 16.0 Å². The first-order chi connectivity index (χ1) is 10.1. The zero-order valence-electron chi connectivity index (χ0n) is 11.9. The lowest BCUT2D eigenvalue weighted by Gasteiger charge is -2.08. The third kappa shape index (κ3) is 4.91. The number of hydrogen-bond donors (Lipinski definition) is 3. The fourth-order valence-electron chi connectivity index (χ4n) is 1.90. The molecule has 1 aliphatic carbocycles. The predicted molar refractivity (Wildman–Crippen MR) is 78.8 cm³/mol. The highest BCUT2D eigenvalue weighted by atomic mass is 16.2. The molecule has 1 aliphatic rings. The molecular formula is C15H19N3O3. The molecule has 0 aromatic heterocycles. The van der Waals surface area contributed by atoms with E-state index in [-0.39, 0.29) is 23.6 Å². The summed E-state index contributed by atoms with van der Waals surface area (Å²) in [5.74, 6) is -0.176. The summed E-state index contributed by atoms with van der Waals surface area (Å²) >= 11 is 0. The molecule has 1 aromatic carbocycles. The zero-order chi connectivity index (χ0) is 15.2. The average molecular weight is 289 g/mol. The molecule has 3 amide bonds. The SMILES string of the molecule is CC(=O)Nc1cccc(C(=O)NCCNC(=O)C2CC2)c1. The van der Waals surface area contributed by atoms with E-state index in [0.717, 1.165) is 12.8 Å². The first-order valence-corrected chi connectivity index (χ1v) is 7.00. The lowest BCUT2D eigenvalue weighted by Crippen LogP contribution is -2.35. The van der Waals surface area contributed by atoms with Crippen molar-refractivity contribution in [2.75, 3.05) is 18.4 Å². The Balaban J connectivity index is 1.76. The summed E-state index contributed by atoms with van der Waals surface area (Å²) in [5, 5.41) is 8.13. The highest BCUT2D eigenvalue weighted by Gasteiger charge is 2.28. The Morgan fingerprint density at radius 1 is 1.14 bits per heavy atom. The van der Waals surface area contributed by atoms with Crippen LogP contribution >= 0.6 is 0 Å². The second-order valence-electron chi connectivity index (χ2n) is 5.08. The van der Waals surface area contributed by atoms with Crippen LogP contribution in [0.15, 0.2) is 24.3 Å². The zero-order valence-corrected chi connectivity index (χ0v) is 11.9. The number of benzene rings is 1. The van der Waals surface area contributed by atoms with Crippen LogP contribution in [0, 0.1) is 5.92 Å². The molecule has 21 heavy (non-hydrogen) atoms. The minimum absolute atomic E-state index is 0.0666. The summed E-state index contributed by atoms with van der Waals surface area (Å²) in [5.41, 5.74) is 1.05. The van der Waals surface area contributed by atoms with E-state index in [1.807, 2.05) is 0 Å². The number of nitrogens with one attached hydrogen (secondary N) is 3. The highest BCUT2D eigenvalue weighted by Crippen LogP contribution is 2.28. The van der Waals surface area contributed by atoms with Crippen molar-refractivity contribution in [3.8, 4) is 0 Å². The normalized spacial score (nSPS) is 13.4. The van der Waals surface area contributed by atoms with Crippen molar-refractivity contribution in [1.29, 1.82) is 0 Å². The third-order valence-electron chi connectivity index (χ3n) is 3.10. The van der Waals surface area contributed by atoms with Crippen molar-refractivity contribution in [3.05, 3.63) is 29.8 Å². The summed E-state index contributed by atoms with van der Waals surface area (Å²) in [7, 11) is 0. The minimum Gasteiger partial charge on any atom is -0.354 e. The Morgan fingerprint density at radius 3 is 2.52 bits per heavy atom. The maximum Gasteiger partial charge on any atom is 0.251 e. The van der Waals surface area contributed by atoms with Crippen molar-refractivity contribution in [3.63, 3.8) is 0 Å². The second-order valence-corrected chi connectivity index (χ2v) is 5.08. The Labute approximate surface area is 123 Å². The van der Waals surface area contributed by atoms with Gasteiger partial charge in [-0.25, -0.2) is 0 Å². The molecule has 0 radical (unpaired) electrons. The number of carbonyl (C=O) groups is 3. The third-order valence-corrected chi connectivity index (χ3v) is 3.10. The van der Waals surface area contributed by atoms with E-state index in [1.54, 1.807) is 24.3 Å². The molecule has 0 atom stereocenters. The Bertz CT molecular complexity index is 553. The largest absolute Gasteiger partial charge is 0.354 e. The maximum absolute atomic E-state index is 11.9. The predicted octanol–water partition coefficient (Wildman–Crippen LogP) is 0.901. The molecule has 1 fully saturated rings. The Morgan fingerprint density at radius 2 is 1.86 bits per heavy atom. The molecule has 0 unspecified atom stereocenters. The van der Waals surface area contributed by atoms with E-state index >= 15 is 0 Å². The van der Waals surface area contributed by atoms with E-state index < -0.39 is 0 Å². The minimum atomic E-state index is -0.233. The first kappa shape index (κ1) is 15.0. The maximum atomic E-state index is 11.9. The molecule has 112 valence electrons. The van der Waals surface area contributed by atoms with Gasteiger partial charge in [0.15, 0.2) is 0 Å². The molecular weight excluding hydrogens is 270 g/mol. The summed E-state index contributed by atoms with van der Waals surface area (Å²) in [6.07, 6.45) is 1.93. The quantitative estimate of drug-likeness (QED) is 0.680. The van der Waals surface area contributed by atoms with Gasteiger partial charge in [0, 0.05) is 37.2 Å². The topological polar surface area (TPSA) is 87.3 Å². The van der Waals surface area contributed by atoms with Gasteiger partial charge in [0.2, 0.25) is 11.8 Å². The van der Waals surface area contributed by atoms with Gasteiger partial charge in [-0.3, -0.25) is 14.4 Å². The Hall–Kier alpha value is -2.37. The van der Waals surface area contributed by atoms with Gasteiger partial charge >= 0.3 is 0 Å². The highest BCUT2D eigenvalue weighted by molar-refractivity contribution is 5.96. The molecule has 3 N–H and O–H groups in total. The van der Waals surface area contributed by atoms with E-state index in [0.29, 0.717) is 24.3 Å². The van der Waals surface area contributed by atoms with Gasteiger partial charge in [0.1, 0.15) is 0 Å². The van der Waals surface area contributed by atoms with Gasteiger partial charge in [-0.05, 0) is 31.0 Å². The molecule has 0 saturated heterocycles. The lowest BCUT2D eigenvalue weighted by molar-refractivity contribution is -0.122. The number of hydrogen-bond acceptors (Lipinski definition) is 3. The monoisotopic (exact) mass is 289 g/mol. The van der Waals surface area contributed by atoms with Crippen LogP contribution in [0.1, 0.15) is 30.1 Å². The average Bonchev–Trinajstić information content (AvgIpc) is 3.27. The van der Waals surface area contributed by atoms with Crippen molar-refractivity contribution in [2.24, 2.45) is 5.92 Å². The lowest BCUT2D eigenvalue weighted by atomic mass is 10.2. The van der Waals surface area contributed by atoms with Gasteiger partial charge in [-0.15, -0.1) is 0 Å². The molecule has 2 rings (SSSR count). The van der Waals surface area contributed by atoms with Gasteiger partial charge in [0.05, 0.1) is 0 Å².